The lowest BCUT2D eigenvalue weighted by Gasteiger charge is -2.42. The molecule has 0 aliphatic heterocycles. The second-order valence-corrected chi connectivity index (χ2v) is 7.72. The fourth-order valence-electron chi connectivity index (χ4n) is 7.10. The van der Waals surface area contributed by atoms with E-state index in [1.807, 2.05) is 0 Å². The van der Waals surface area contributed by atoms with E-state index in [4.69, 9.17) is 0 Å². The van der Waals surface area contributed by atoms with E-state index in [1.165, 1.54) is 12.8 Å². The van der Waals surface area contributed by atoms with Crippen LogP contribution in [0.15, 0.2) is 48.6 Å². The molecule has 4 bridgehead atoms. The SMILES string of the molecule is C1=C[C@@H]2[C@H](C=C1)[C@@H]1C[C@H]2[C@H]2[C@@H]1[C@@H]1C[C@H]2c2ccccc21. The van der Waals surface area contributed by atoms with Crippen LogP contribution in [0.1, 0.15) is 35.8 Å². The third-order valence-corrected chi connectivity index (χ3v) is 7.42. The van der Waals surface area contributed by atoms with Crippen molar-refractivity contribution < 1.29 is 0 Å². The Morgan fingerprint density at radius 2 is 1.25 bits per heavy atom. The molecule has 0 unspecified atom stereocenters. The van der Waals surface area contributed by atoms with Gasteiger partial charge in [0.15, 0.2) is 0 Å². The van der Waals surface area contributed by atoms with Gasteiger partial charge in [0.2, 0.25) is 0 Å². The lowest BCUT2D eigenvalue weighted by molar-refractivity contribution is 0.144. The molecule has 6 rings (SSSR count). The van der Waals surface area contributed by atoms with Gasteiger partial charge in [-0.15, -0.1) is 0 Å². The predicted molar refractivity (Wildman–Crippen MR) is 80.4 cm³/mol. The van der Waals surface area contributed by atoms with Crippen molar-refractivity contribution in [3.8, 4) is 0 Å². The van der Waals surface area contributed by atoms with Crippen LogP contribution in [0.4, 0.5) is 0 Å². The first-order valence-electron chi connectivity index (χ1n) is 8.37. The van der Waals surface area contributed by atoms with E-state index >= 15 is 0 Å². The van der Waals surface area contributed by atoms with Gasteiger partial charge in [-0.25, -0.2) is 0 Å². The zero-order chi connectivity index (χ0) is 12.8. The Hall–Kier alpha value is -1.30. The standard InChI is InChI=1S/C20H20/c1-2-6-12-11(5-1)15-9-16(12)20-18-10-17(19(15)20)13-7-3-4-8-14(13)18/h1-8,11-12,15-20H,9-10H2/t11-,12+,15-,16+,17+,18-,19-,20+. The molecule has 1 aromatic rings. The minimum Gasteiger partial charge on any atom is -0.0805 e. The predicted octanol–water partition coefficient (Wildman–Crippen LogP) is 4.51. The van der Waals surface area contributed by atoms with Crippen LogP contribution in [0.25, 0.3) is 0 Å². The van der Waals surface area contributed by atoms with Gasteiger partial charge in [0.1, 0.15) is 0 Å². The summed E-state index contributed by atoms with van der Waals surface area (Å²) in [5.74, 6) is 7.54. The van der Waals surface area contributed by atoms with E-state index in [1.54, 1.807) is 11.1 Å². The van der Waals surface area contributed by atoms with Crippen LogP contribution < -0.4 is 0 Å². The van der Waals surface area contributed by atoms with Gasteiger partial charge < -0.3 is 0 Å². The number of rotatable bonds is 0. The third kappa shape index (κ3) is 0.983. The van der Waals surface area contributed by atoms with Crippen molar-refractivity contribution in [2.24, 2.45) is 35.5 Å². The Morgan fingerprint density at radius 1 is 0.700 bits per heavy atom. The van der Waals surface area contributed by atoms with Crippen molar-refractivity contribution in [1.29, 1.82) is 0 Å². The topological polar surface area (TPSA) is 0 Å². The van der Waals surface area contributed by atoms with Gasteiger partial charge in [-0.2, -0.15) is 0 Å². The summed E-state index contributed by atoms with van der Waals surface area (Å²) in [6, 6.07) is 9.37. The molecule has 3 saturated carbocycles. The first-order chi connectivity index (χ1) is 9.93. The summed E-state index contributed by atoms with van der Waals surface area (Å²) in [6.07, 6.45) is 12.7. The maximum absolute atomic E-state index is 2.53. The largest absolute Gasteiger partial charge is 0.0805 e. The molecule has 5 aliphatic carbocycles. The highest BCUT2D eigenvalue weighted by Gasteiger charge is 2.65. The van der Waals surface area contributed by atoms with Gasteiger partial charge in [0, 0.05) is 0 Å². The van der Waals surface area contributed by atoms with Crippen molar-refractivity contribution in [2.45, 2.75) is 24.7 Å². The maximum atomic E-state index is 2.53. The molecule has 0 N–H and O–H groups in total. The summed E-state index contributed by atoms with van der Waals surface area (Å²) in [5.41, 5.74) is 3.44. The number of benzene rings is 1. The molecule has 0 spiro atoms. The molecule has 0 radical (unpaired) electrons. The number of allylic oxidation sites excluding steroid dienone is 4. The van der Waals surface area contributed by atoms with Crippen molar-refractivity contribution in [3.63, 3.8) is 0 Å². The van der Waals surface area contributed by atoms with E-state index in [0.29, 0.717) is 0 Å². The average Bonchev–Trinajstić information content (AvgIpc) is 3.23. The van der Waals surface area contributed by atoms with Crippen LogP contribution in [-0.4, -0.2) is 0 Å². The Morgan fingerprint density at radius 3 is 1.80 bits per heavy atom. The summed E-state index contributed by atoms with van der Waals surface area (Å²) < 4.78 is 0. The minimum absolute atomic E-state index is 0.873. The van der Waals surface area contributed by atoms with Gasteiger partial charge in [0.05, 0.1) is 0 Å². The number of fused-ring (bicyclic) bond motifs is 15. The molecule has 0 nitrogen and oxygen atoms in total. The summed E-state index contributed by atoms with van der Waals surface area (Å²) in [4.78, 5) is 0. The molecule has 0 aromatic heterocycles. The summed E-state index contributed by atoms with van der Waals surface area (Å²) in [7, 11) is 0. The van der Waals surface area contributed by atoms with Crippen molar-refractivity contribution in [1.82, 2.24) is 0 Å². The normalized spacial score (nSPS) is 52.2. The van der Waals surface area contributed by atoms with E-state index in [-0.39, 0.29) is 0 Å². The Labute approximate surface area is 120 Å². The second-order valence-electron chi connectivity index (χ2n) is 7.72. The van der Waals surface area contributed by atoms with Crippen LogP contribution in [-0.2, 0) is 0 Å². The van der Waals surface area contributed by atoms with Crippen LogP contribution in [0.2, 0.25) is 0 Å². The molecule has 0 heteroatoms. The molecule has 20 heavy (non-hydrogen) atoms. The maximum Gasteiger partial charge on any atom is -0.0119 e. The monoisotopic (exact) mass is 260 g/mol. The fourth-order valence-corrected chi connectivity index (χ4v) is 7.10. The van der Waals surface area contributed by atoms with E-state index in [0.717, 1.165) is 47.3 Å². The highest BCUT2D eigenvalue weighted by molar-refractivity contribution is 5.45. The lowest BCUT2D eigenvalue weighted by Crippen LogP contribution is -2.36. The number of hydrogen-bond donors (Lipinski definition) is 0. The van der Waals surface area contributed by atoms with E-state index < -0.39 is 0 Å². The number of hydrogen-bond acceptors (Lipinski definition) is 0. The fraction of sp³-hybridized carbons (Fsp3) is 0.500. The Bertz CT molecular complexity index is 597. The van der Waals surface area contributed by atoms with Crippen LogP contribution in [0.3, 0.4) is 0 Å². The highest BCUT2D eigenvalue weighted by atomic mass is 14.7. The Kier molecular flexibility index (Phi) is 1.72. The van der Waals surface area contributed by atoms with Gasteiger partial charge in [0.25, 0.3) is 0 Å². The molecule has 1 aromatic carbocycles. The molecule has 3 fully saturated rings. The zero-order valence-corrected chi connectivity index (χ0v) is 11.7. The van der Waals surface area contributed by atoms with E-state index in [9.17, 15) is 0 Å². The van der Waals surface area contributed by atoms with Gasteiger partial charge in [-0.1, -0.05) is 48.6 Å². The minimum atomic E-state index is 0.873. The summed E-state index contributed by atoms with van der Waals surface area (Å²) in [6.45, 7) is 0. The molecular formula is C20H20. The van der Waals surface area contributed by atoms with Crippen molar-refractivity contribution in [2.75, 3.05) is 0 Å². The smallest absolute Gasteiger partial charge is 0.0119 e. The summed E-state index contributed by atoms with van der Waals surface area (Å²) in [5, 5.41) is 0. The van der Waals surface area contributed by atoms with Crippen molar-refractivity contribution >= 4 is 0 Å². The highest BCUT2D eigenvalue weighted by Crippen LogP contribution is 2.74. The first kappa shape index (κ1) is 10.4. The van der Waals surface area contributed by atoms with Crippen LogP contribution >= 0.6 is 0 Å². The van der Waals surface area contributed by atoms with Gasteiger partial charge in [-0.3, -0.25) is 0 Å². The lowest BCUT2D eigenvalue weighted by atomic mass is 9.61. The third-order valence-electron chi connectivity index (χ3n) is 7.42. The average molecular weight is 260 g/mol. The quantitative estimate of drug-likeness (QED) is 0.602. The molecule has 0 saturated heterocycles. The molecule has 0 heterocycles. The molecule has 0 amide bonds. The Balaban J connectivity index is 1.51. The van der Waals surface area contributed by atoms with Crippen molar-refractivity contribution in [3.05, 3.63) is 59.7 Å². The molecule has 5 aliphatic rings. The molecular weight excluding hydrogens is 240 g/mol. The molecule has 8 atom stereocenters. The second kappa shape index (κ2) is 3.30. The van der Waals surface area contributed by atoms with Crippen LogP contribution in [0.5, 0.6) is 0 Å². The van der Waals surface area contributed by atoms with Gasteiger partial charge >= 0.3 is 0 Å². The first-order valence-corrected chi connectivity index (χ1v) is 8.37. The van der Waals surface area contributed by atoms with Crippen LogP contribution in [0, 0.1) is 35.5 Å². The van der Waals surface area contributed by atoms with Gasteiger partial charge in [-0.05, 0) is 71.3 Å². The summed E-state index contributed by atoms with van der Waals surface area (Å²) >= 11 is 0. The molecule has 100 valence electrons. The van der Waals surface area contributed by atoms with E-state index in [2.05, 4.69) is 48.6 Å². The zero-order valence-electron chi connectivity index (χ0n) is 11.7.